The lowest BCUT2D eigenvalue weighted by Gasteiger charge is -2.32. The number of rotatable bonds is 3. The largest absolute Gasteiger partial charge is 0.416 e. The molecule has 4 nitrogen and oxygen atoms in total. The molecule has 0 radical (unpaired) electrons. The first kappa shape index (κ1) is 24.9. The molecule has 154 valence electrons. The van der Waals surface area contributed by atoms with Crippen LogP contribution in [0.25, 0.3) is 0 Å². The molecule has 0 saturated heterocycles. The van der Waals surface area contributed by atoms with Crippen molar-refractivity contribution in [2.45, 2.75) is 40.4 Å². The fraction of sp³-hybridized carbons (Fsp3) is 0.444. The van der Waals surface area contributed by atoms with Crippen LogP contribution in [-0.4, -0.2) is 18.0 Å². The highest BCUT2D eigenvalue weighted by atomic mass is 35.5. The van der Waals surface area contributed by atoms with E-state index in [0.717, 1.165) is 18.2 Å². The van der Waals surface area contributed by atoms with Crippen molar-refractivity contribution in [3.8, 4) is 0 Å². The molecule has 1 aromatic carbocycles. The van der Waals surface area contributed by atoms with Gasteiger partial charge in [0, 0.05) is 19.6 Å². The summed E-state index contributed by atoms with van der Waals surface area (Å²) in [6.45, 7) is 8.62. The number of hydrogen-bond acceptors (Lipinski definition) is 4. The number of alkyl halides is 3. The zero-order valence-corrected chi connectivity index (χ0v) is 16.7. The van der Waals surface area contributed by atoms with Gasteiger partial charge in [-0.1, -0.05) is 39.3 Å². The van der Waals surface area contributed by atoms with Gasteiger partial charge in [-0.05, 0) is 29.8 Å². The summed E-state index contributed by atoms with van der Waals surface area (Å²) in [6, 6.07) is 2.38. The predicted molar refractivity (Wildman–Crippen MR) is 102 cm³/mol. The summed E-state index contributed by atoms with van der Waals surface area (Å²) in [7, 11) is 0. The van der Waals surface area contributed by atoms with E-state index in [1.807, 2.05) is 27.7 Å². The Bertz CT molecular complexity index is 653. The van der Waals surface area contributed by atoms with Crippen molar-refractivity contribution in [3.63, 3.8) is 0 Å². The maximum Gasteiger partial charge on any atom is 0.416 e. The summed E-state index contributed by atoms with van der Waals surface area (Å²) in [5, 5.41) is 2.81. The molecule has 0 aromatic heterocycles. The van der Waals surface area contributed by atoms with Gasteiger partial charge in [-0.25, -0.2) is 4.39 Å². The van der Waals surface area contributed by atoms with Crippen molar-refractivity contribution >= 4 is 11.6 Å². The van der Waals surface area contributed by atoms with Crippen LogP contribution in [0.4, 0.5) is 17.6 Å². The Balaban J connectivity index is 0.00000158. The third-order valence-electron chi connectivity index (χ3n) is 3.32. The molecule has 1 aliphatic heterocycles. The quantitative estimate of drug-likeness (QED) is 0.508. The molecule has 0 amide bonds. The monoisotopic (exact) mass is 410 g/mol. The number of hydrogen-bond donors (Lipinski definition) is 3. The fourth-order valence-corrected chi connectivity index (χ4v) is 2.45. The van der Waals surface area contributed by atoms with Gasteiger partial charge in [0.05, 0.1) is 11.3 Å². The van der Waals surface area contributed by atoms with E-state index >= 15 is 0 Å². The summed E-state index contributed by atoms with van der Waals surface area (Å²) in [5.41, 5.74) is 10.5. The molecule has 0 bridgehead atoms. The minimum Gasteiger partial charge on any atom is -0.389 e. The van der Waals surface area contributed by atoms with Crippen molar-refractivity contribution < 1.29 is 17.6 Å². The molecule has 9 heteroatoms. The van der Waals surface area contributed by atoms with Gasteiger partial charge in [0.2, 0.25) is 0 Å². The molecule has 0 aliphatic carbocycles. The van der Waals surface area contributed by atoms with Gasteiger partial charge in [-0.2, -0.15) is 13.2 Å². The standard InChI is InChI=1S/C14H15ClF4N4.2C2H6/c15-12(20)6-11-13(21)22-3-4-23(11)7-8-5-9(16)1-2-10(8)14(17,18)19;2*1-2/h1-2,5-6,22H,3-4,7,20-21H2;2*1-2H3/b12-6-;;. The molecule has 0 unspecified atom stereocenters. The molecule has 0 spiro atoms. The molecule has 0 fully saturated rings. The summed E-state index contributed by atoms with van der Waals surface area (Å²) >= 11 is 5.63. The Hall–Kier alpha value is -2.09. The molecule has 2 rings (SSSR count). The Morgan fingerprint density at radius 3 is 2.37 bits per heavy atom. The van der Waals surface area contributed by atoms with E-state index in [4.69, 9.17) is 23.1 Å². The Morgan fingerprint density at radius 2 is 1.85 bits per heavy atom. The van der Waals surface area contributed by atoms with E-state index in [2.05, 4.69) is 5.32 Å². The first-order valence-corrected chi connectivity index (χ1v) is 9.03. The van der Waals surface area contributed by atoms with Crippen LogP contribution in [0.1, 0.15) is 38.8 Å². The van der Waals surface area contributed by atoms with Crippen LogP contribution in [0.15, 0.2) is 40.9 Å². The summed E-state index contributed by atoms with van der Waals surface area (Å²) in [6.07, 6.45) is -3.23. The highest BCUT2D eigenvalue weighted by molar-refractivity contribution is 6.29. The normalized spacial score (nSPS) is 14.6. The van der Waals surface area contributed by atoms with E-state index < -0.39 is 17.6 Å². The van der Waals surface area contributed by atoms with Crippen molar-refractivity contribution in [2.24, 2.45) is 11.5 Å². The predicted octanol–water partition coefficient (Wildman–Crippen LogP) is 4.47. The molecule has 5 N–H and O–H groups in total. The second kappa shape index (κ2) is 11.6. The number of nitrogens with two attached hydrogens (primary N) is 2. The van der Waals surface area contributed by atoms with Gasteiger partial charge in [-0.15, -0.1) is 0 Å². The van der Waals surface area contributed by atoms with Gasteiger partial charge < -0.3 is 21.7 Å². The second-order valence-corrected chi connectivity index (χ2v) is 5.41. The van der Waals surface area contributed by atoms with Crippen LogP contribution in [-0.2, 0) is 12.7 Å². The zero-order chi connectivity index (χ0) is 21.2. The average Bonchev–Trinajstić information content (AvgIpc) is 2.60. The van der Waals surface area contributed by atoms with Crippen LogP contribution in [0.2, 0.25) is 0 Å². The Kier molecular flexibility index (Phi) is 10.7. The smallest absolute Gasteiger partial charge is 0.389 e. The van der Waals surface area contributed by atoms with Crippen molar-refractivity contribution in [1.29, 1.82) is 0 Å². The van der Waals surface area contributed by atoms with Crippen LogP contribution in [0.5, 0.6) is 0 Å². The molecule has 1 heterocycles. The van der Waals surface area contributed by atoms with Gasteiger partial charge >= 0.3 is 6.18 Å². The lowest BCUT2D eigenvalue weighted by atomic mass is 10.1. The van der Waals surface area contributed by atoms with E-state index in [1.54, 1.807) is 4.90 Å². The van der Waals surface area contributed by atoms with Crippen molar-refractivity contribution in [2.75, 3.05) is 13.1 Å². The molecule has 1 aliphatic rings. The van der Waals surface area contributed by atoms with E-state index in [0.29, 0.717) is 18.8 Å². The van der Waals surface area contributed by atoms with Crippen molar-refractivity contribution in [3.05, 3.63) is 57.9 Å². The van der Waals surface area contributed by atoms with E-state index in [9.17, 15) is 17.6 Å². The van der Waals surface area contributed by atoms with Gasteiger partial charge in [0.25, 0.3) is 0 Å². The topological polar surface area (TPSA) is 67.3 Å². The SMILES string of the molecule is CC.CC.NC1=C(/C=C(\N)Cl)N(Cc2cc(F)ccc2C(F)(F)F)CCN1. The number of nitrogens with zero attached hydrogens (tertiary/aromatic N) is 1. The summed E-state index contributed by atoms with van der Waals surface area (Å²) in [4.78, 5) is 1.56. The minimum atomic E-state index is -4.58. The Morgan fingerprint density at radius 1 is 1.26 bits per heavy atom. The van der Waals surface area contributed by atoms with Gasteiger partial charge in [0.1, 0.15) is 16.8 Å². The van der Waals surface area contributed by atoms with Gasteiger partial charge in [0.15, 0.2) is 0 Å². The van der Waals surface area contributed by atoms with Crippen LogP contribution in [0, 0.1) is 5.82 Å². The number of halogens is 5. The highest BCUT2D eigenvalue weighted by Crippen LogP contribution is 2.33. The van der Waals surface area contributed by atoms with Crippen LogP contribution >= 0.6 is 11.6 Å². The first-order chi connectivity index (χ1) is 12.7. The molecular formula is C18H27ClF4N4. The maximum atomic E-state index is 13.4. The van der Waals surface area contributed by atoms with Crippen LogP contribution < -0.4 is 16.8 Å². The molecule has 1 aromatic rings. The Labute approximate surface area is 162 Å². The lowest BCUT2D eigenvalue weighted by Crippen LogP contribution is -2.41. The average molecular weight is 411 g/mol. The van der Waals surface area contributed by atoms with E-state index in [1.165, 1.54) is 6.08 Å². The third-order valence-corrected chi connectivity index (χ3v) is 3.43. The number of allylic oxidation sites excluding steroid dienone is 1. The lowest BCUT2D eigenvalue weighted by molar-refractivity contribution is -0.138. The molecule has 27 heavy (non-hydrogen) atoms. The first-order valence-electron chi connectivity index (χ1n) is 8.65. The fourth-order valence-electron chi connectivity index (χ4n) is 2.35. The number of benzene rings is 1. The second-order valence-electron chi connectivity index (χ2n) is 4.98. The molecule has 0 saturated carbocycles. The van der Waals surface area contributed by atoms with E-state index in [-0.39, 0.29) is 23.1 Å². The third kappa shape index (κ3) is 7.58. The number of nitrogens with one attached hydrogen (secondary N) is 1. The summed E-state index contributed by atoms with van der Waals surface area (Å²) < 4.78 is 52.6. The van der Waals surface area contributed by atoms with Crippen molar-refractivity contribution in [1.82, 2.24) is 10.2 Å². The zero-order valence-electron chi connectivity index (χ0n) is 15.9. The maximum absolute atomic E-state index is 13.4. The minimum absolute atomic E-state index is 0.0630. The molecule has 0 atom stereocenters. The molecular weight excluding hydrogens is 384 g/mol. The van der Waals surface area contributed by atoms with Gasteiger partial charge in [-0.3, -0.25) is 0 Å². The summed E-state index contributed by atoms with van der Waals surface area (Å²) in [5.74, 6) is -0.501. The highest BCUT2D eigenvalue weighted by Gasteiger charge is 2.34. The van der Waals surface area contributed by atoms with Crippen LogP contribution in [0.3, 0.4) is 0 Å².